The van der Waals surface area contributed by atoms with Gasteiger partial charge in [0.2, 0.25) is 5.91 Å². The van der Waals surface area contributed by atoms with Crippen LogP contribution < -0.4 is 11.3 Å². The first-order chi connectivity index (χ1) is 7.27. The van der Waals surface area contributed by atoms with Crippen LogP contribution in [0.2, 0.25) is 0 Å². The number of hydrogen-bond acceptors (Lipinski definition) is 4. The van der Waals surface area contributed by atoms with E-state index in [1.165, 1.54) is 6.42 Å². The van der Waals surface area contributed by atoms with Gasteiger partial charge in [-0.25, -0.2) is 5.84 Å². The first kappa shape index (κ1) is 12.4. The van der Waals surface area contributed by atoms with E-state index in [9.17, 15) is 4.79 Å². The highest BCUT2D eigenvalue weighted by Gasteiger charge is 2.22. The van der Waals surface area contributed by atoms with Crippen LogP contribution in [0, 0.1) is 0 Å². The van der Waals surface area contributed by atoms with Gasteiger partial charge in [-0.3, -0.25) is 15.1 Å². The fourth-order valence-electron chi connectivity index (χ4n) is 2.07. The monoisotopic (exact) mass is 215 g/mol. The fourth-order valence-corrected chi connectivity index (χ4v) is 2.07. The van der Waals surface area contributed by atoms with E-state index in [4.69, 9.17) is 10.9 Å². The van der Waals surface area contributed by atoms with Gasteiger partial charge in [-0.15, -0.1) is 0 Å². The molecule has 0 bridgehead atoms. The SMILES string of the molecule is NNC(=O)CCCCN1CCCC1CO. The van der Waals surface area contributed by atoms with Crippen LogP contribution in [0.15, 0.2) is 0 Å². The summed E-state index contributed by atoms with van der Waals surface area (Å²) < 4.78 is 0. The lowest BCUT2D eigenvalue weighted by molar-refractivity contribution is -0.121. The third kappa shape index (κ3) is 4.15. The number of aliphatic hydroxyl groups excluding tert-OH is 1. The molecule has 5 heteroatoms. The predicted molar refractivity (Wildman–Crippen MR) is 57.9 cm³/mol. The van der Waals surface area contributed by atoms with Gasteiger partial charge in [-0.1, -0.05) is 0 Å². The van der Waals surface area contributed by atoms with E-state index in [0.29, 0.717) is 12.5 Å². The molecule has 0 aromatic carbocycles. The van der Waals surface area contributed by atoms with Gasteiger partial charge >= 0.3 is 0 Å². The van der Waals surface area contributed by atoms with Gasteiger partial charge in [0, 0.05) is 12.5 Å². The molecule has 1 saturated heterocycles. The third-order valence-corrected chi connectivity index (χ3v) is 2.97. The molecule has 1 unspecified atom stereocenters. The van der Waals surface area contributed by atoms with Crippen LogP contribution in [-0.2, 0) is 4.79 Å². The lowest BCUT2D eigenvalue weighted by atomic mass is 10.2. The van der Waals surface area contributed by atoms with Crippen LogP contribution >= 0.6 is 0 Å². The first-order valence-corrected chi connectivity index (χ1v) is 5.62. The van der Waals surface area contributed by atoms with Crippen molar-refractivity contribution in [3.63, 3.8) is 0 Å². The highest BCUT2D eigenvalue weighted by atomic mass is 16.3. The van der Waals surface area contributed by atoms with E-state index in [1.807, 2.05) is 0 Å². The second-order valence-electron chi connectivity index (χ2n) is 4.04. The summed E-state index contributed by atoms with van der Waals surface area (Å²) in [6.45, 7) is 2.31. The van der Waals surface area contributed by atoms with Crippen molar-refractivity contribution >= 4 is 5.91 Å². The summed E-state index contributed by atoms with van der Waals surface area (Å²) >= 11 is 0. The minimum absolute atomic E-state index is 0.102. The lowest BCUT2D eigenvalue weighted by Crippen LogP contribution is -2.33. The average molecular weight is 215 g/mol. The zero-order chi connectivity index (χ0) is 11.1. The average Bonchev–Trinajstić information content (AvgIpc) is 2.71. The number of nitrogens with one attached hydrogen (secondary N) is 1. The Morgan fingerprint density at radius 2 is 2.33 bits per heavy atom. The highest BCUT2D eigenvalue weighted by molar-refractivity contribution is 5.75. The van der Waals surface area contributed by atoms with Crippen molar-refractivity contribution in [3.05, 3.63) is 0 Å². The van der Waals surface area contributed by atoms with Crippen molar-refractivity contribution in [3.8, 4) is 0 Å². The summed E-state index contributed by atoms with van der Waals surface area (Å²) in [5.74, 6) is 4.88. The number of aliphatic hydroxyl groups is 1. The Bertz CT molecular complexity index is 199. The summed E-state index contributed by atoms with van der Waals surface area (Å²) in [5.41, 5.74) is 2.12. The number of unbranched alkanes of at least 4 members (excludes halogenated alkanes) is 1. The van der Waals surface area contributed by atoms with E-state index in [0.717, 1.165) is 32.4 Å². The minimum Gasteiger partial charge on any atom is -0.395 e. The summed E-state index contributed by atoms with van der Waals surface area (Å²) in [6.07, 6.45) is 4.62. The summed E-state index contributed by atoms with van der Waals surface area (Å²) in [5, 5.41) is 9.10. The Morgan fingerprint density at radius 1 is 1.53 bits per heavy atom. The van der Waals surface area contributed by atoms with E-state index in [-0.39, 0.29) is 12.5 Å². The Balaban J connectivity index is 2.06. The lowest BCUT2D eigenvalue weighted by Gasteiger charge is -2.22. The van der Waals surface area contributed by atoms with Gasteiger partial charge in [0.1, 0.15) is 0 Å². The molecule has 0 spiro atoms. The largest absolute Gasteiger partial charge is 0.395 e. The van der Waals surface area contributed by atoms with E-state index < -0.39 is 0 Å². The molecule has 1 atom stereocenters. The molecule has 0 aromatic rings. The van der Waals surface area contributed by atoms with Crippen LogP contribution in [0.4, 0.5) is 0 Å². The normalized spacial score (nSPS) is 21.9. The van der Waals surface area contributed by atoms with Crippen LogP contribution in [0.25, 0.3) is 0 Å². The van der Waals surface area contributed by atoms with E-state index in [1.54, 1.807) is 0 Å². The van der Waals surface area contributed by atoms with Gasteiger partial charge in [-0.2, -0.15) is 0 Å². The Hall–Kier alpha value is -0.650. The molecule has 1 heterocycles. The quantitative estimate of drug-likeness (QED) is 0.244. The summed E-state index contributed by atoms with van der Waals surface area (Å²) in [6, 6.07) is 0.341. The van der Waals surface area contributed by atoms with E-state index in [2.05, 4.69) is 10.3 Å². The van der Waals surface area contributed by atoms with Crippen molar-refractivity contribution in [2.24, 2.45) is 5.84 Å². The maximum Gasteiger partial charge on any atom is 0.233 e. The molecule has 88 valence electrons. The highest BCUT2D eigenvalue weighted by Crippen LogP contribution is 2.17. The zero-order valence-corrected chi connectivity index (χ0v) is 9.11. The molecule has 0 aromatic heterocycles. The standard InChI is InChI=1S/C10H21N3O2/c11-12-10(15)5-1-2-6-13-7-3-4-9(13)8-14/h9,14H,1-8,11H2,(H,12,15). The van der Waals surface area contributed by atoms with Crippen molar-refractivity contribution in [2.45, 2.75) is 38.1 Å². The molecule has 0 saturated carbocycles. The Labute approximate surface area is 90.6 Å². The summed E-state index contributed by atoms with van der Waals surface area (Å²) in [7, 11) is 0. The number of likely N-dealkylation sites (tertiary alicyclic amines) is 1. The smallest absolute Gasteiger partial charge is 0.233 e. The molecule has 0 radical (unpaired) electrons. The fraction of sp³-hybridized carbons (Fsp3) is 0.900. The van der Waals surface area contributed by atoms with Crippen LogP contribution in [-0.4, -0.2) is 41.7 Å². The van der Waals surface area contributed by atoms with Gasteiger partial charge in [0.05, 0.1) is 6.61 Å². The molecule has 1 amide bonds. The van der Waals surface area contributed by atoms with Gasteiger partial charge < -0.3 is 5.11 Å². The number of carbonyl (C=O) groups is 1. The second-order valence-corrected chi connectivity index (χ2v) is 4.04. The molecule has 5 nitrogen and oxygen atoms in total. The molecular formula is C10H21N3O2. The molecule has 4 N–H and O–H groups in total. The predicted octanol–water partition coefficient (Wildman–Crippen LogP) is -0.397. The number of nitrogens with two attached hydrogens (primary N) is 1. The van der Waals surface area contributed by atoms with Crippen molar-refractivity contribution in [1.29, 1.82) is 0 Å². The molecule has 1 rings (SSSR count). The van der Waals surface area contributed by atoms with Crippen LogP contribution in [0.1, 0.15) is 32.1 Å². The second kappa shape index (κ2) is 6.76. The first-order valence-electron chi connectivity index (χ1n) is 5.62. The molecule has 1 aliphatic heterocycles. The number of carbonyl (C=O) groups excluding carboxylic acids is 1. The van der Waals surface area contributed by atoms with Crippen LogP contribution in [0.5, 0.6) is 0 Å². The van der Waals surface area contributed by atoms with Crippen molar-refractivity contribution < 1.29 is 9.90 Å². The maximum atomic E-state index is 10.8. The topological polar surface area (TPSA) is 78.6 Å². The van der Waals surface area contributed by atoms with Gasteiger partial charge in [0.25, 0.3) is 0 Å². The molecule has 15 heavy (non-hydrogen) atoms. The number of nitrogens with zero attached hydrogens (tertiary/aromatic N) is 1. The van der Waals surface area contributed by atoms with Gasteiger partial charge in [-0.05, 0) is 38.8 Å². The Morgan fingerprint density at radius 3 is 3.00 bits per heavy atom. The van der Waals surface area contributed by atoms with Crippen molar-refractivity contribution in [2.75, 3.05) is 19.7 Å². The molecule has 1 fully saturated rings. The maximum absolute atomic E-state index is 10.8. The Kier molecular flexibility index (Phi) is 5.60. The molecule has 1 aliphatic rings. The third-order valence-electron chi connectivity index (χ3n) is 2.97. The summed E-state index contributed by atoms with van der Waals surface area (Å²) in [4.78, 5) is 13.1. The van der Waals surface area contributed by atoms with Crippen LogP contribution in [0.3, 0.4) is 0 Å². The zero-order valence-electron chi connectivity index (χ0n) is 9.11. The number of amides is 1. The van der Waals surface area contributed by atoms with Gasteiger partial charge in [0.15, 0.2) is 0 Å². The molecule has 0 aliphatic carbocycles. The number of hydrogen-bond donors (Lipinski definition) is 3. The number of hydrazine groups is 1. The molecular weight excluding hydrogens is 194 g/mol. The number of rotatable bonds is 6. The minimum atomic E-state index is -0.102. The van der Waals surface area contributed by atoms with E-state index >= 15 is 0 Å². The van der Waals surface area contributed by atoms with Crippen molar-refractivity contribution in [1.82, 2.24) is 10.3 Å².